The molecule has 0 saturated carbocycles. The first-order chi connectivity index (χ1) is 19.1. The van der Waals surface area contributed by atoms with Gasteiger partial charge >= 0.3 is 11.9 Å². The van der Waals surface area contributed by atoms with E-state index < -0.39 is 5.97 Å². The van der Waals surface area contributed by atoms with E-state index in [1.54, 1.807) is 0 Å². The smallest absolute Gasteiger partial charge is 0.306 e. The minimum atomic E-state index is -0.725. The number of esters is 1. The summed E-state index contributed by atoms with van der Waals surface area (Å²) in [6, 6.07) is 0. The largest absolute Gasteiger partial charge is 0.481 e. The van der Waals surface area contributed by atoms with E-state index in [0.717, 1.165) is 57.8 Å². The highest BCUT2D eigenvalue weighted by Crippen LogP contribution is 2.15. The van der Waals surface area contributed by atoms with Crippen molar-refractivity contribution in [3.05, 3.63) is 36.5 Å². The average molecular weight is 547 g/mol. The van der Waals surface area contributed by atoms with Crippen molar-refractivity contribution in [3.8, 4) is 0 Å². The molecule has 0 spiro atoms. The van der Waals surface area contributed by atoms with Crippen molar-refractivity contribution in [1.82, 2.24) is 0 Å². The Morgan fingerprint density at radius 1 is 0.590 bits per heavy atom. The number of ether oxygens (including phenoxy) is 1. The second kappa shape index (κ2) is 30.7. The van der Waals surface area contributed by atoms with Crippen LogP contribution < -0.4 is 0 Å². The summed E-state index contributed by atoms with van der Waals surface area (Å²) in [5.74, 6) is -0.802. The predicted octanol–water partition coefficient (Wildman–Crippen LogP) is 11.1. The second-order valence-electron chi connectivity index (χ2n) is 11.0. The Kier molecular flexibility index (Phi) is 29.2. The molecule has 4 heteroatoms. The van der Waals surface area contributed by atoms with Crippen molar-refractivity contribution in [2.75, 3.05) is 0 Å². The van der Waals surface area contributed by atoms with Crippen LogP contribution in [0.15, 0.2) is 36.5 Å². The van der Waals surface area contributed by atoms with Crippen molar-refractivity contribution >= 4 is 11.9 Å². The van der Waals surface area contributed by atoms with Gasteiger partial charge in [-0.2, -0.15) is 0 Å². The van der Waals surface area contributed by atoms with Crippen LogP contribution in [-0.2, 0) is 14.3 Å². The molecule has 1 atom stereocenters. The van der Waals surface area contributed by atoms with Gasteiger partial charge < -0.3 is 9.84 Å². The van der Waals surface area contributed by atoms with E-state index in [0.29, 0.717) is 6.42 Å². The fourth-order valence-electron chi connectivity index (χ4n) is 4.59. The van der Waals surface area contributed by atoms with Gasteiger partial charge in [0.1, 0.15) is 6.10 Å². The molecule has 4 nitrogen and oxygen atoms in total. The Morgan fingerprint density at radius 3 is 1.67 bits per heavy atom. The van der Waals surface area contributed by atoms with Gasteiger partial charge in [0.15, 0.2) is 0 Å². The molecule has 1 N–H and O–H groups in total. The molecular weight excluding hydrogens is 484 g/mol. The highest BCUT2D eigenvalue weighted by Gasteiger charge is 2.11. The van der Waals surface area contributed by atoms with Crippen LogP contribution in [0, 0.1) is 0 Å². The van der Waals surface area contributed by atoms with Gasteiger partial charge in [0.05, 0.1) is 0 Å². The summed E-state index contributed by atoms with van der Waals surface area (Å²) in [7, 11) is 0. The SMILES string of the molecule is CCCCC/C=C\C/C=C\CCCCCCCCCC(=O)OC(/C=C\CCCCC)CCCCCCC(=O)O. The Labute approximate surface area is 241 Å². The van der Waals surface area contributed by atoms with Crippen LogP contribution in [0.1, 0.15) is 168 Å². The maximum atomic E-state index is 12.4. The molecule has 39 heavy (non-hydrogen) atoms. The van der Waals surface area contributed by atoms with Crippen LogP contribution in [0.4, 0.5) is 0 Å². The summed E-state index contributed by atoms with van der Waals surface area (Å²) in [6.45, 7) is 4.45. The number of unbranched alkanes of at least 4 members (excludes halogenated alkanes) is 16. The number of rotatable bonds is 29. The molecule has 0 fully saturated rings. The third-order valence-corrected chi connectivity index (χ3v) is 7.07. The van der Waals surface area contributed by atoms with Gasteiger partial charge in [-0.1, -0.05) is 115 Å². The minimum absolute atomic E-state index is 0.0772. The van der Waals surface area contributed by atoms with Crippen molar-refractivity contribution in [2.45, 2.75) is 174 Å². The number of aliphatic carboxylic acids is 1. The number of hydrogen-bond donors (Lipinski definition) is 1. The van der Waals surface area contributed by atoms with Crippen molar-refractivity contribution in [2.24, 2.45) is 0 Å². The van der Waals surface area contributed by atoms with Crippen LogP contribution >= 0.6 is 0 Å². The number of allylic oxidation sites excluding steroid dienone is 5. The van der Waals surface area contributed by atoms with Crippen molar-refractivity contribution < 1.29 is 19.4 Å². The highest BCUT2D eigenvalue weighted by molar-refractivity contribution is 5.69. The molecule has 0 aromatic heterocycles. The summed E-state index contributed by atoms with van der Waals surface area (Å²) in [5, 5.41) is 8.76. The summed E-state index contributed by atoms with van der Waals surface area (Å²) in [5.41, 5.74) is 0. The van der Waals surface area contributed by atoms with Crippen molar-refractivity contribution in [3.63, 3.8) is 0 Å². The lowest BCUT2D eigenvalue weighted by Gasteiger charge is -2.15. The number of carboxylic acids is 1. The van der Waals surface area contributed by atoms with Gasteiger partial charge in [-0.05, 0) is 76.7 Å². The monoisotopic (exact) mass is 546 g/mol. The lowest BCUT2D eigenvalue weighted by Crippen LogP contribution is -2.16. The molecule has 0 bridgehead atoms. The lowest BCUT2D eigenvalue weighted by molar-refractivity contribution is -0.147. The predicted molar refractivity (Wildman–Crippen MR) is 167 cm³/mol. The topological polar surface area (TPSA) is 63.6 Å². The van der Waals surface area contributed by atoms with Crippen LogP contribution in [0.25, 0.3) is 0 Å². The third-order valence-electron chi connectivity index (χ3n) is 7.07. The fraction of sp³-hybridized carbons (Fsp3) is 0.771. The molecule has 0 aliphatic rings. The van der Waals surface area contributed by atoms with Crippen LogP contribution in [-0.4, -0.2) is 23.1 Å². The molecule has 0 aliphatic carbocycles. The van der Waals surface area contributed by atoms with Crippen LogP contribution in [0.3, 0.4) is 0 Å². The highest BCUT2D eigenvalue weighted by atomic mass is 16.5. The minimum Gasteiger partial charge on any atom is -0.481 e. The zero-order valence-corrected chi connectivity index (χ0v) is 25.7. The average Bonchev–Trinajstić information content (AvgIpc) is 2.91. The number of carbonyl (C=O) groups is 2. The Morgan fingerprint density at radius 2 is 1.08 bits per heavy atom. The Bertz CT molecular complexity index is 635. The third kappa shape index (κ3) is 30.6. The molecule has 0 radical (unpaired) electrons. The molecule has 226 valence electrons. The standard InChI is InChI=1S/C35H62O4/c1-3-5-7-9-10-11-12-13-14-15-16-17-18-19-20-22-28-32-35(38)39-33(29-25-21-8-6-4-2)30-26-23-24-27-31-34(36)37/h10-11,13-14,25,29,33H,3-9,12,15-24,26-28,30-32H2,1-2H3,(H,36,37)/b11-10-,14-13-,29-25-. The molecule has 1 unspecified atom stereocenters. The van der Waals surface area contributed by atoms with Gasteiger partial charge in [0.25, 0.3) is 0 Å². The first-order valence-electron chi connectivity index (χ1n) is 16.5. The maximum Gasteiger partial charge on any atom is 0.306 e. The number of hydrogen-bond acceptors (Lipinski definition) is 3. The second-order valence-corrected chi connectivity index (χ2v) is 11.0. The molecule has 0 heterocycles. The van der Waals surface area contributed by atoms with Gasteiger partial charge in [0.2, 0.25) is 0 Å². The van der Waals surface area contributed by atoms with Crippen LogP contribution in [0.2, 0.25) is 0 Å². The van der Waals surface area contributed by atoms with E-state index in [1.807, 2.05) is 0 Å². The first kappa shape index (κ1) is 37.2. The molecule has 0 aromatic rings. The summed E-state index contributed by atoms with van der Waals surface area (Å²) in [4.78, 5) is 23.1. The van der Waals surface area contributed by atoms with Gasteiger partial charge in [-0.25, -0.2) is 0 Å². The maximum absolute atomic E-state index is 12.4. The summed E-state index contributed by atoms with van der Waals surface area (Å²) < 4.78 is 5.80. The van der Waals surface area contributed by atoms with Crippen LogP contribution in [0.5, 0.6) is 0 Å². The van der Waals surface area contributed by atoms with E-state index in [-0.39, 0.29) is 18.5 Å². The Balaban J connectivity index is 3.88. The fourth-order valence-corrected chi connectivity index (χ4v) is 4.59. The molecule has 0 aromatic carbocycles. The lowest BCUT2D eigenvalue weighted by atomic mass is 10.1. The number of carboxylic acid groups (broad SMARTS) is 1. The van der Waals surface area contributed by atoms with Gasteiger partial charge in [0, 0.05) is 12.8 Å². The summed E-state index contributed by atoms with van der Waals surface area (Å²) in [6.07, 6.45) is 38.9. The van der Waals surface area contributed by atoms with Crippen molar-refractivity contribution in [1.29, 1.82) is 0 Å². The quantitative estimate of drug-likeness (QED) is 0.0575. The van der Waals surface area contributed by atoms with Gasteiger partial charge in [-0.15, -0.1) is 0 Å². The summed E-state index contributed by atoms with van der Waals surface area (Å²) >= 11 is 0. The van der Waals surface area contributed by atoms with E-state index >= 15 is 0 Å². The first-order valence-corrected chi connectivity index (χ1v) is 16.5. The number of carbonyl (C=O) groups excluding carboxylic acids is 1. The van der Waals surface area contributed by atoms with E-state index in [9.17, 15) is 9.59 Å². The Hall–Kier alpha value is -1.84. The molecule has 0 amide bonds. The molecule has 0 rings (SSSR count). The molecule has 0 saturated heterocycles. The van der Waals surface area contributed by atoms with E-state index in [1.165, 1.54) is 83.5 Å². The zero-order chi connectivity index (χ0) is 28.7. The molecular formula is C35H62O4. The van der Waals surface area contributed by atoms with E-state index in [2.05, 4.69) is 50.3 Å². The molecule has 0 aliphatic heterocycles. The van der Waals surface area contributed by atoms with Gasteiger partial charge in [-0.3, -0.25) is 9.59 Å². The normalized spacial score (nSPS) is 12.7. The van der Waals surface area contributed by atoms with E-state index in [4.69, 9.17) is 9.84 Å². The zero-order valence-electron chi connectivity index (χ0n) is 25.7.